The average Bonchev–Trinajstić information content (AvgIpc) is 2.42. The van der Waals surface area contributed by atoms with Gasteiger partial charge in [-0.3, -0.25) is 4.79 Å². The third-order valence-corrected chi connectivity index (χ3v) is 3.65. The molecule has 0 radical (unpaired) electrons. The summed E-state index contributed by atoms with van der Waals surface area (Å²) in [5, 5.41) is 9.09. The minimum Gasteiger partial charge on any atom is -0.395 e. The number of aliphatic hydroxyl groups excluding tert-OH is 1. The molecule has 1 aromatic carbocycles. The lowest BCUT2D eigenvalue weighted by Crippen LogP contribution is -2.45. The molecule has 0 bridgehead atoms. The summed E-state index contributed by atoms with van der Waals surface area (Å²) in [7, 11) is 0. The van der Waals surface area contributed by atoms with Crippen LogP contribution < -0.4 is 5.73 Å². The first-order valence-electron chi connectivity index (χ1n) is 7.07. The Morgan fingerprint density at radius 3 is 2.76 bits per heavy atom. The van der Waals surface area contributed by atoms with E-state index >= 15 is 0 Å². The Labute approximate surface area is 123 Å². The lowest BCUT2D eigenvalue weighted by molar-refractivity contribution is 0.0521. The number of amides is 1. The van der Waals surface area contributed by atoms with Gasteiger partial charge in [0, 0.05) is 18.2 Å². The van der Waals surface area contributed by atoms with Crippen molar-refractivity contribution in [1.29, 1.82) is 0 Å². The number of nitrogens with two attached hydrogens (primary N) is 1. The van der Waals surface area contributed by atoms with Crippen LogP contribution >= 0.6 is 0 Å². The third kappa shape index (κ3) is 3.60. The summed E-state index contributed by atoms with van der Waals surface area (Å²) >= 11 is 0. The predicted octanol–water partition coefficient (Wildman–Crippen LogP) is 1.12. The van der Waals surface area contributed by atoms with Crippen molar-refractivity contribution in [3.05, 3.63) is 35.1 Å². The van der Waals surface area contributed by atoms with Crippen LogP contribution in [0.5, 0.6) is 0 Å². The number of aliphatic hydroxyl groups is 1. The van der Waals surface area contributed by atoms with E-state index in [4.69, 9.17) is 10.8 Å². The van der Waals surface area contributed by atoms with Crippen LogP contribution in [0.1, 0.15) is 35.2 Å². The van der Waals surface area contributed by atoms with Crippen LogP contribution in [0, 0.1) is 17.7 Å². The maximum absolute atomic E-state index is 14.1. The highest BCUT2D eigenvalue weighted by Crippen LogP contribution is 2.26. The highest BCUT2D eigenvalue weighted by atomic mass is 19.1. The summed E-state index contributed by atoms with van der Waals surface area (Å²) in [5.74, 6) is 4.41. The number of hydrogen-bond donors (Lipinski definition) is 2. The Balaban J connectivity index is 2.20. The normalized spacial score (nSPS) is 14.0. The average molecular weight is 290 g/mol. The first-order chi connectivity index (χ1) is 10.2. The fraction of sp³-hybridized carbons (Fsp3) is 0.438. The topological polar surface area (TPSA) is 66.6 Å². The first-order valence-corrected chi connectivity index (χ1v) is 7.07. The third-order valence-electron chi connectivity index (χ3n) is 3.65. The van der Waals surface area contributed by atoms with Gasteiger partial charge in [-0.1, -0.05) is 11.8 Å². The zero-order valence-electron chi connectivity index (χ0n) is 11.8. The van der Waals surface area contributed by atoms with Crippen molar-refractivity contribution in [3.8, 4) is 11.8 Å². The molecule has 0 saturated heterocycles. The van der Waals surface area contributed by atoms with Gasteiger partial charge in [-0.2, -0.15) is 0 Å². The predicted molar refractivity (Wildman–Crippen MR) is 78.1 cm³/mol. The lowest BCUT2D eigenvalue weighted by Gasteiger charge is -2.37. The van der Waals surface area contributed by atoms with Crippen molar-refractivity contribution >= 4 is 5.91 Å². The Morgan fingerprint density at radius 1 is 1.48 bits per heavy atom. The summed E-state index contributed by atoms with van der Waals surface area (Å²) < 4.78 is 14.1. The molecule has 2 rings (SSSR count). The van der Waals surface area contributed by atoms with Crippen LogP contribution in [0.3, 0.4) is 0 Å². The molecule has 5 heteroatoms. The molecular weight excluding hydrogens is 271 g/mol. The highest BCUT2D eigenvalue weighted by molar-refractivity contribution is 5.95. The Hall–Kier alpha value is -1.90. The number of carbonyl (C=O) groups excluding carboxylic acids is 1. The van der Waals surface area contributed by atoms with Gasteiger partial charge in [0.1, 0.15) is 5.82 Å². The van der Waals surface area contributed by atoms with E-state index < -0.39 is 5.82 Å². The van der Waals surface area contributed by atoms with Gasteiger partial charge in [0.25, 0.3) is 5.91 Å². The van der Waals surface area contributed by atoms with Crippen LogP contribution in [0.15, 0.2) is 18.2 Å². The molecule has 1 amide bonds. The Morgan fingerprint density at radius 2 is 2.24 bits per heavy atom. The van der Waals surface area contributed by atoms with Gasteiger partial charge in [0.2, 0.25) is 0 Å². The molecule has 1 aliphatic rings. The molecule has 0 aromatic heterocycles. The monoisotopic (exact) mass is 290 g/mol. The maximum atomic E-state index is 14.1. The molecule has 1 fully saturated rings. The van der Waals surface area contributed by atoms with Gasteiger partial charge < -0.3 is 15.7 Å². The lowest BCUT2D eigenvalue weighted by atomic mass is 9.91. The molecule has 21 heavy (non-hydrogen) atoms. The highest BCUT2D eigenvalue weighted by Gasteiger charge is 2.30. The van der Waals surface area contributed by atoms with Gasteiger partial charge in [-0.15, -0.1) is 0 Å². The summed E-state index contributed by atoms with van der Waals surface area (Å²) in [5.41, 5.74) is 5.78. The minimum absolute atomic E-state index is 0.0219. The number of nitrogens with zero attached hydrogens (tertiary/aromatic N) is 1. The van der Waals surface area contributed by atoms with E-state index in [1.54, 1.807) is 11.0 Å². The minimum atomic E-state index is -0.592. The second-order valence-electron chi connectivity index (χ2n) is 5.01. The SMILES string of the molecule is NCC#Cc1ccc(C(=O)N(CCO)C2CCC2)c(F)c1. The summed E-state index contributed by atoms with van der Waals surface area (Å²) in [6, 6.07) is 4.41. The Kier molecular flexibility index (Phi) is 5.32. The van der Waals surface area contributed by atoms with Gasteiger partial charge in [0.05, 0.1) is 18.7 Å². The molecule has 0 atom stereocenters. The van der Waals surface area contributed by atoms with Gasteiger partial charge in [-0.25, -0.2) is 4.39 Å². The summed E-state index contributed by atoms with van der Waals surface area (Å²) in [6.45, 7) is 0.315. The van der Waals surface area contributed by atoms with Crippen molar-refractivity contribution in [2.75, 3.05) is 19.7 Å². The van der Waals surface area contributed by atoms with Crippen molar-refractivity contribution in [2.45, 2.75) is 25.3 Å². The number of rotatable bonds is 4. The Bertz CT molecular complexity index is 573. The van der Waals surface area contributed by atoms with Crippen LogP contribution in [0.4, 0.5) is 4.39 Å². The number of hydrogen-bond acceptors (Lipinski definition) is 3. The van der Waals surface area contributed by atoms with E-state index in [0.717, 1.165) is 19.3 Å². The standard InChI is InChI=1S/C16H19FN2O2/c17-15-11-12(3-2-8-18)6-7-14(15)16(21)19(9-10-20)13-4-1-5-13/h6-7,11,13,20H,1,4-5,8-10,18H2. The number of benzene rings is 1. The zero-order chi connectivity index (χ0) is 15.2. The van der Waals surface area contributed by atoms with Gasteiger partial charge in [-0.05, 0) is 37.5 Å². The fourth-order valence-electron chi connectivity index (χ4n) is 2.33. The summed E-state index contributed by atoms with van der Waals surface area (Å²) in [4.78, 5) is 14.0. The van der Waals surface area contributed by atoms with E-state index in [2.05, 4.69) is 11.8 Å². The molecule has 1 aliphatic carbocycles. The molecule has 4 nitrogen and oxygen atoms in total. The smallest absolute Gasteiger partial charge is 0.257 e. The van der Waals surface area contributed by atoms with E-state index in [-0.39, 0.29) is 37.2 Å². The molecular formula is C16H19FN2O2. The van der Waals surface area contributed by atoms with Gasteiger partial charge in [0.15, 0.2) is 0 Å². The van der Waals surface area contributed by atoms with Crippen molar-refractivity contribution < 1.29 is 14.3 Å². The number of halogens is 1. The molecule has 0 heterocycles. The second-order valence-corrected chi connectivity index (χ2v) is 5.01. The largest absolute Gasteiger partial charge is 0.395 e. The van der Waals surface area contributed by atoms with Crippen LogP contribution in [-0.2, 0) is 0 Å². The first kappa shape index (κ1) is 15.5. The molecule has 0 unspecified atom stereocenters. The molecule has 0 spiro atoms. The van der Waals surface area contributed by atoms with E-state index in [9.17, 15) is 9.18 Å². The molecule has 1 saturated carbocycles. The van der Waals surface area contributed by atoms with Crippen LogP contribution in [-0.4, -0.2) is 41.7 Å². The van der Waals surface area contributed by atoms with Crippen LogP contribution in [0.2, 0.25) is 0 Å². The van der Waals surface area contributed by atoms with Crippen molar-refractivity contribution in [2.24, 2.45) is 5.73 Å². The van der Waals surface area contributed by atoms with E-state index in [1.807, 2.05) is 0 Å². The maximum Gasteiger partial charge on any atom is 0.257 e. The van der Waals surface area contributed by atoms with E-state index in [1.165, 1.54) is 12.1 Å². The summed E-state index contributed by atoms with van der Waals surface area (Å²) in [6.07, 6.45) is 2.89. The molecule has 1 aromatic rings. The van der Waals surface area contributed by atoms with Crippen molar-refractivity contribution in [3.63, 3.8) is 0 Å². The quantitative estimate of drug-likeness (QED) is 0.817. The van der Waals surface area contributed by atoms with Crippen molar-refractivity contribution in [1.82, 2.24) is 4.90 Å². The molecule has 0 aliphatic heterocycles. The molecule has 112 valence electrons. The van der Waals surface area contributed by atoms with Gasteiger partial charge >= 0.3 is 0 Å². The molecule has 3 N–H and O–H groups in total. The zero-order valence-corrected chi connectivity index (χ0v) is 11.8. The van der Waals surface area contributed by atoms with E-state index in [0.29, 0.717) is 5.56 Å². The number of carbonyl (C=O) groups is 1. The second kappa shape index (κ2) is 7.21. The van der Waals surface area contributed by atoms with Crippen LogP contribution in [0.25, 0.3) is 0 Å². The fourth-order valence-corrected chi connectivity index (χ4v) is 2.33.